The third-order valence-corrected chi connectivity index (χ3v) is 5.82. The van der Waals surface area contributed by atoms with Gasteiger partial charge in [-0.2, -0.15) is 0 Å². The van der Waals surface area contributed by atoms with E-state index in [1.165, 1.54) is 0 Å². The van der Waals surface area contributed by atoms with Crippen LogP contribution in [0.2, 0.25) is 0 Å². The van der Waals surface area contributed by atoms with Gasteiger partial charge < -0.3 is 4.74 Å². The molecule has 102 valence electrons. The van der Waals surface area contributed by atoms with E-state index in [1.54, 1.807) is 20.8 Å². The lowest BCUT2D eigenvalue weighted by Gasteiger charge is -2.19. The lowest BCUT2D eigenvalue weighted by Crippen LogP contribution is -2.32. The maximum atomic E-state index is 11.9. The highest BCUT2D eigenvalue weighted by Gasteiger charge is 2.28. The summed E-state index contributed by atoms with van der Waals surface area (Å²) >= 11 is 3.39. The number of halogens is 1. The van der Waals surface area contributed by atoms with E-state index in [9.17, 15) is 8.42 Å². The van der Waals surface area contributed by atoms with E-state index in [1.807, 2.05) is 25.1 Å². The van der Waals surface area contributed by atoms with Gasteiger partial charge in [-0.25, -0.2) is 8.42 Å². The highest BCUT2D eigenvalue weighted by atomic mass is 79.9. The summed E-state index contributed by atoms with van der Waals surface area (Å²) in [7, 11) is -3.13. The minimum atomic E-state index is -3.13. The van der Waals surface area contributed by atoms with Gasteiger partial charge in [0.15, 0.2) is 9.84 Å². The first-order valence-corrected chi connectivity index (χ1v) is 8.19. The Morgan fingerprint density at radius 3 is 2.39 bits per heavy atom. The Balaban J connectivity index is 2.63. The van der Waals surface area contributed by atoms with Crippen molar-refractivity contribution < 1.29 is 13.2 Å². The van der Waals surface area contributed by atoms with Gasteiger partial charge in [0.25, 0.3) is 0 Å². The molecule has 18 heavy (non-hydrogen) atoms. The van der Waals surface area contributed by atoms with Crippen molar-refractivity contribution in [1.29, 1.82) is 0 Å². The predicted molar refractivity (Wildman–Crippen MR) is 77.9 cm³/mol. The van der Waals surface area contributed by atoms with E-state index >= 15 is 0 Å². The summed E-state index contributed by atoms with van der Waals surface area (Å²) in [6.45, 7) is 7.25. The molecule has 1 aromatic rings. The Morgan fingerprint density at radius 1 is 1.28 bits per heavy atom. The van der Waals surface area contributed by atoms with Crippen molar-refractivity contribution in [2.24, 2.45) is 0 Å². The highest BCUT2D eigenvalue weighted by Crippen LogP contribution is 2.26. The molecule has 3 nitrogen and oxygen atoms in total. The molecule has 1 aromatic carbocycles. The molecule has 0 amide bonds. The topological polar surface area (TPSA) is 43.4 Å². The zero-order valence-corrected chi connectivity index (χ0v) is 13.6. The van der Waals surface area contributed by atoms with Crippen LogP contribution in [0.3, 0.4) is 0 Å². The molecular formula is C13H19BrO3S. The number of ether oxygens (including phenoxy) is 1. The van der Waals surface area contributed by atoms with Crippen molar-refractivity contribution in [3.8, 4) is 5.75 Å². The van der Waals surface area contributed by atoms with E-state index in [2.05, 4.69) is 15.9 Å². The van der Waals surface area contributed by atoms with E-state index in [0.29, 0.717) is 5.75 Å². The zero-order chi connectivity index (χ0) is 14.0. The third-order valence-electron chi connectivity index (χ3n) is 2.63. The third kappa shape index (κ3) is 3.99. The monoisotopic (exact) mass is 334 g/mol. The lowest BCUT2D eigenvalue weighted by atomic mass is 10.2. The van der Waals surface area contributed by atoms with E-state index in [0.717, 1.165) is 10.0 Å². The SMILES string of the molecule is Cc1ccc(OCCS(=O)(=O)C(C)(C)C)c(Br)c1. The maximum absolute atomic E-state index is 11.9. The number of sulfone groups is 1. The molecule has 0 aliphatic carbocycles. The summed E-state index contributed by atoms with van der Waals surface area (Å²) in [4.78, 5) is 0. The van der Waals surface area contributed by atoms with Gasteiger partial charge >= 0.3 is 0 Å². The fourth-order valence-electron chi connectivity index (χ4n) is 1.29. The Labute approximate surface area is 118 Å². The van der Waals surface area contributed by atoms with Gasteiger partial charge in [-0.3, -0.25) is 0 Å². The summed E-state index contributed by atoms with van der Waals surface area (Å²) in [5.74, 6) is 0.696. The maximum Gasteiger partial charge on any atom is 0.158 e. The van der Waals surface area contributed by atoms with Gasteiger partial charge in [0.1, 0.15) is 12.4 Å². The van der Waals surface area contributed by atoms with Gasteiger partial charge in [0.05, 0.1) is 15.0 Å². The number of aryl methyl sites for hydroxylation is 1. The minimum absolute atomic E-state index is 0.0246. The van der Waals surface area contributed by atoms with Gasteiger partial charge in [-0.1, -0.05) is 6.07 Å². The van der Waals surface area contributed by atoms with Crippen molar-refractivity contribution in [1.82, 2.24) is 0 Å². The molecule has 0 heterocycles. The molecule has 0 unspecified atom stereocenters. The summed E-state index contributed by atoms with van der Waals surface area (Å²) in [5, 5.41) is 0. The number of hydrogen-bond acceptors (Lipinski definition) is 3. The van der Waals surface area contributed by atoms with Gasteiger partial charge in [-0.05, 0) is 61.3 Å². The molecular weight excluding hydrogens is 316 g/mol. The molecule has 0 aromatic heterocycles. The first kappa shape index (κ1) is 15.5. The van der Waals surface area contributed by atoms with Crippen LogP contribution in [0.4, 0.5) is 0 Å². The predicted octanol–water partition coefficient (Wildman–Crippen LogP) is 3.35. The van der Waals surface area contributed by atoms with Crippen LogP contribution in [0.25, 0.3) is 0 Å². The van der Waals surface area contributed by atoms with Crippen LogP contribution < -0.4 is 4.74 Å². The van der Waals surface area contributed by atoms with Crippen LogP contribution in [0.5, 0.6) is 5.75 Å². The van der Waals surface area contributed by atoms with E-state index < -0.39 is 14.6 Å². The molecule has 0 saturated carbocycles. The zero-order valence-electron chi connectivity index (χ0n) is 11.2. The van der Waals surface area contributed by atoms with Gasteiger partial charge in [0, 0.05) is 0 Å². The summed E-state index contributed by atoms with van der Waals surface area (Å²) < 4.78 is 29.4. The van der Waals surface area contributed by atoms with Crippen LogP contribution in [0.15, 0.2) is 22.7 Å². The van der Waals surface area contributed by atoms with Crippen LogP contribution in [-0.4, -0.2) is 25.5 Å². The largest absolute Gasteiger partial charge is 0.491 e. The second-order valence-electron chi connectivity index (χ2n) is 5.21. The lowest BCUT2D eigenvalue weighted by molar-refractivity contribution is 0.337. The molecule has 0 aliphatic rings. The Morgan fingerprint density at radius 2 is 1.89 bits per heavy atom. The molecule has 0 spiro atoms. The first-order chi connectivity index (χ1) is 8.13. The Bertz CT molecular complexity index is 516. The fraction of sp³-hybridized carbons (Fsp3) is 0.538. The number of rotatable bonds is 4. The molecule has 0 atom stereocenters. The van der Waals surface area contributed by atoms with Crippen molar-refractivity contribution in [2.45, 2.75) is 32.4 Å². The summed E-state index contributed by atoms with van der Waals surface area (Å²) in [6, 6.07) is 5.70. The summed E-state index contributed by atoms with van der Waals surface area (Å²) in [6.07, 6.45) is 0. The van der Waals surface area contributed by atoms with Crippen molar-refractivity contribution >= 4 is 25.8 Å². The standard InChI is InChI=1S/C13H19BrO3S/c1-10-5-6-12(11(14)9-10)17-7-8-18(15,16)13(2,3)4/h5-6,9H,7-8H2,1-4H3. The van der Waals surface area contributed by atoms with Crippen LogP contribution in [0.1, 0.15) is 26.3 Å². The minimum Gasteiger partial charge on any atom is -0.491 e. The fourth-order valence-corrected chi connectivity index (χ4v) is 2.81. The number of benzene rings is 1. The molecule has 5 heteroatoms. The molecule has 0 fully saturated rings. The van der Waals surface area contributed by atoms with Gasteiger partial charge in [0.2, 0.25) is 0 Å². The Kier molecular flexibility index (Phi) is 4.84. The summed E-state index contributed by atoms with van der Waals surface area (Å²) in [5.41, 5.74) is 1.12. The normalized spacial score (nSPS) is 12.5. The van der Waals surface area contributed by atoms with E-state index in [-0.39, 0.29) is 12.4 Å². The first-order valence-electron chi connectivity index (χ1n) is 5.75. The average Bonchev–Trinajstić information content (AvgIpc) is 2.19. The van der Waals surface area contributed by atoms with E-state index in [4.69, 9.17) is 4.74 Å². The average molecular weight is 335 g/mol. The van der Waals surface area contributed by atoms with Crippen LogP contribution >= 0.6 is 15.9 Å². The number of hydrogen-bond donors (Lipinski definition) is 0. The second kappa shape index (κ2) is 5.61. The van der Waals surface area contributed by atoms with Crippen molar-refractivity contribution in [3.05, 3.63) is 28.2 Å². The van der Waals surface area contributed by atoms with Gasteiger partial charge in [-0.15, -0.1) is 0 Å². The molecule has 0 saturated heterocycles. The van der Waals surface area contributed by atoms with Crippen LogP contribution in [0, 0.1) is 6.92 Å². The van der Waals surface area contributed by atoms with Crippen molar-refractivity contribution in [3.63, 3.8) is 0 Å². The smallest absolute Gasteiger partial charge is 0.158 e. The molecule has 0 aliphatic heterocycles. The van der Waals surface area contributed by atoms with Crippen LogP contribution in [-0.2, 0) is 9.84 Å². The van der Waals surface area contributed by atoms with Crippen molar-refractivity contribution in [2.75, 3.05) is 12.4 Å². The quantitative estimate of drug-likeness (QED) is 0.847. The molecule has 0 N–H and O–H groups in total. The Hall–Kier alpha value is -0.550. The molecule has 0 radical (unpaired) electrons. The highest BCUT2D eigenvalue weighted by molar-refractivity contribution is 9.10. The second-order valence-corrected chi connectivity index (χ2v) is 8.93. The molecule has 0 bridgehead atoms. The molecule has 1 rings (SSSR count).